The SMILES string of the molecule is CCCCCCCOCc1nc(NC)c2cnn(C)c2n1. The first-order valence-corrected chi connectivity index (χ1v) is 7.70. The van der Waals surface area contributed by atoms with Crippen LogP contribution in [0.2, 0.25) is 0 Å². The molecule has 0 aliphatic heterocycles. The summed E-state index contributed by atoms with van der Waals surface area (Å²) < 4.78 is 7.44. The summed E-state index contributed by atoms with van der Waals surface area (Å²) in [6, 6.07) is 0. The molecule has 0 radical (unpaired) electrons. The smallest absolute Gasteiger partial charge is 0.163 e. The summed E-state index contributed by atoms with van der Waals surface area (Å²) in [7, 11) is 3.74. The van der Waals surface area contributed by atoms with Gasteiger partial charge in [-0.3, -0.25) is 4.68 Å². The van der Waals surface area contributed by atoms with Crippen LogP contribution in [-0.2, 0) is 18.4 Å². The standard InChI is InChI=1S/C15H25N5O/c1-4-5-6-7-8-9-21-11-13-18-14(16-2)12-10-17-20(3)15(12)19-13/h10H,4-9,11H2,1-3H3,(H,16,18,19). The van der Waals surface area contributed by atoms with Gasteiger partial charge in [-0.2, -0.15) is 5.10 Å². The van der Waals surface area contributed by atoms with Crippen molar-refractivity contribution in [2.75, 3.05) is 19.0 Å². The third-order valence-electron chi connectivity index (χ3n) is 3.50. The van der Waals surface area contributed by atoms with Crippen LogP contribution in [0.4, 0.5) is 5.82 Å². The second-order valence-corrected chi connectivity index (χ2v) is 5.21. The lowest BCUT2D eigenvalue weighted by molar-refractivity contribution is 0.111. The average molecular weight is 291 g/mol. The summed E-state index contributed by atoms with van der Waals surface area (Å²) >= 11 is 0. The number of ether oxygens (including phenoxy) is 1. The molecule has 0 amide bonds. The number of nitrogens with one attached hydrogen (secondary N) is 1. The molecule has 2 heterocycles. The van der Waals surface area contributed by atoms with Crippen molar-refractivity contribution in [3.8, 4) is 0 Å². The summed E-state index contributed by atoms with van der Waals surface area (Å²) in [5, 5.41) is 8.24. The Labute approximate surface area is 125 Å². The number of nitrogens with zero attached hydrogens (tertiary/aromatic N) is 4. The van der Waals surface area contributed by atoms with Crippen LogP contribution in [-0.4, -0.2) is 33.4 Å². The van der Waals surface area contributed by atoms with E-state index in [1.54, 1.807) is 10.9 Å². The highest BCUT2D eigenvalue weighted by Gasteiger charge is 2.10. The van der Waals surface area contributed by atoms with Crippen LogP contribution in [0.25, 0.3) is 11.0 Å². The van der Waals surface area contributed by atoms with Gasteiger partial charge in [0, 0.05) is 20.7 Å². The molecule has 0 unspecified atom stereocenters. The molecule has 0 spiro atoms. The van der Waals surface area contributed by atoms with E-state index in [-0.39, 0.29) is 0 Å². The van der Waals surface area contributed by atoms with Crippen LogP contribution in [0.3, 0.4) is 0 Å². The van der Waals surface area contributed by atoms with Crippen LogP contribution < -0.4 is 5.32 Å². The monoisotopic (exact) mass is 291 g/mol. The van der Waals surface area contributed by atoms with Gasteiger partial charge in [0.05, 0.1) is 11.6 Å². The van der Waals surface area contributed by atoms with E-state index < -0.39 is 0 Å². The topological polar surface area (TPSA) is 64.9 Å². The van der Waals surface area contributed by atoms with Crippen molar-refractivity contribution in [3.63, 3.8) is 0 Å². The van der Waals surface area contributed by atoms with Crippen LogP contribution in [0.1, 0.15) is 44.9 Å². The molecule has 2 rings (SSSR count). The Morgan fingerprint density at radius 1 is 1.19 bits per heavy atom. The zero-order chi connectivity index (χ0) is 15.1. The molecule has 116 valence electrons. The number of unbranched alkanes of at least 4 members (excludes halogenated alkanes) is 4. The van der Waals surface area contributed by atoms with E-state index in [0.29, 0.717) is 12.4 Å². The molecular weight excluding hydrogens is 266 g/mol. The fourth-order valence-electron chi connectivity index (χ4n) is 2.29. The summed E-state index contributed by atoms with van der Waals surface area (Å²) in [4.78, 5) is 8.99. The van der Waals surface area contributed by atoms with E-state index in [9.17, 15) is 0 Å². The minimum absolute atomic E-state index is 0.448. The van der Waals surface area contributed by atoms with Gasteiger partial charge in [-0.1, -0.05) is 32.6 Å². The Hall–Kier alpha value is -1.69. The Kier molecular flexibility index (Phi) is 5.92. The zero-order valence-corrected chi connectivity index (χ0v) is 13.2. The van der Waals surface area contributed by atoms with E-state index in [2.05, 4.69) is 27.3 Å². The first-order chi connectivity index (χ1) is 10.3. The van der Waals surface area contributed by atoms with Crippen molar-refractivity contribution < 1.29 is 4.74 Å². The van der Waals surface area contributed by atoms with Gasteiger partial charge < -0.3 is 10.1 Å². The maximum absolute atomic E-state index is 5.68. The number of hydrogen-bond donors (Lipinski definition) is 1. The summed E-state index contributed by atoms with van der Waals surface area (Å²) in [5.41, 5.74) is 0.830. The van der Waals surface area contributed by atoms with Crippen molar-refractivity contribution in [2.24, 2.45) is 7.05 Å². The van der Waals surface area contributed by atoms with E-state index in [4.69, 9.17) is 4.74 Å². The predicted molar refractivity (Wildman–Crippen MR) is 84.3 cm³/mol. The highest BCUT2D eigenvalue weighted by Crippen LogP contribution is 2.19. The lowest BCUT2D eigenvalue weighted by Gasteiger charge is -2.07. The molecule has 0 aliphatic carbocycles. The maximum Gasteiger partial charge on any atom is 0.163 e. The second kappa shape index (κ2) is 7.93. The van der Waals surface area contributed by atoms with Crippen molar-refractivity contribution in [1.29, 1.82) is 0 Å². The van der Waals surface area contributed by atoms with Gasteiger partial charge in [0.25, 0.3) is 0 Å². The van der Waals surface area contributed by atoms with E-state index in [1.165, 1.54) is 25.7 Å². The lowest BCUT2D eigenvalue weighted by Crippen LogP contribution is -2.05. The minimum Gasteiger partial charge on any atom is -0.373 e. The second-order valence-electron chi connectivity index (χ2n) is 5.21. The van der Waals surface area contributed by atoms with Gasteiger partial charge in [0.1, 0.15) is 12.4 Å². The molecule has 21 heavy (non-hydrogen) atoms. The zero-order valence-electron chi connectivity index (χ0n) is 13.2. The fourth-order valence-corrected chi connectivity index (χ4v) is 2.29. The minimum atomic E-state index is 0.448. The number of rotatable bonds is 9. The molecule has 2 aromatic rings. The first kappa shape index (κ1) is 15.7. The lowest BCUT2D eigenvalue weighted by atomic mass is 10.2. The molecule has 0 bridgehead atoms. The molecule has 6 nitrogen and oxygen atoms in total. The van der Waals surface area contributed by atoms with Crippen molar-refractivity contribution in [2.45, 2.75) is 45.6 Å². The molecule has 1 N–H and O–H groups in total. The largest absolute Gasteiger partial charge is 0.373 e. The molecule has 0 saturated heterocycles. The third kappa shape index (κ3) is 4.14. The number of aryl methyl sites for hydroxylation is 1. The predicted octanol–water partition coefficient (Wildman–Crippen LogP) is 2.89. The van der Waals surface area contributed by atoms with E-state index in [0.717, 1.165) is 29.9 Å². The van der Waals surface area contributed by atoms with Gasteiger partial charge in [-0.15, -0.1) is 0 Å². The van der Waals surface area contributed by atoms with Crippen LogP contribution in [0.15, 0.2) is 6.20 Å². The van der Waals surface area contributed by atoms with Gasteiger partial charge >= 0.3 is 0 Å². The Balaban J connectivity index is 1.88. The molecule has 0 aliphatic rings. The normalized spacial score (nSPS) is 11.2. The third-order valence-corrected chi connectivity index (χ3v) is 3.50. The molecule has 0 saturated carbocycles. The Bertz CT molecular complexity index is 566. The molecule has 0 fully saturated rings. The van der Waals surface area contributed by atoms with Crippen LogP contribution in [0.5, 0.6) is 0 Å². The van der Waals surface area contributed by atoms with Crippen LogP contribution in [0, 0.1) is 0 Å². The number of hydrogen-bond acceptors (Lipinski definition) is 5. The molecule has 6 heteroatoms. The van der Waals surface area contributed by atoms with Crippen molar-refractivity contribution >= 4 is 16.9 Å². The molecule has 0 atom stereocenters. The molecular formula is C15H25N5O. The fraction of sp³-hybridized carbons (Fsp3) is 0.667. The number of aromatic nitrogens is 4. The number of fused-ring (bicyclic) bond motifs is 1. The first-order valence-electron chi connectivity index (χ1n) is 7.70. The summed E-state index contributed by atoms with van der Waals surface area (Å²) in [5.74, 6) is 1.50. The van der Waals surface area contributed by atoms with E-state index in [1.807, 2.05) is 14.1 Å². The van der Waals surface area contributed by atoms with Gasteiger partial charge in [-0.25, -0.2) is 9.97 Å². The van der Waals surface area contributed by atoms with Crippen molar-refractivity contribution in [1.82, 2.24) is 19.7 Å². The van der Waals surface area contributed by atoms with Gasteiger partial charge in [0.2, 0.25) is 0 Å². The Morgan fingerprint density at radius 3 is 2.76 bits per heavy atom. The maximum atomic E-state index is 5.68. The average Bonchev–Trinajstić information content (AvgIpc) is 2.87. The van der Waals surface area contributed by atoms with Gasteiger partial charge in [0.15, 0.2) is 11.5 Å². The van der Waals surface area contributed by atoms with Gasteiger partial charge in [-0.05, 0) is 6.42 Å². The molecule has 2 aromatic heterocycles. The highest BCUT2D eigenvalue weighted by atomic mass is 16.5. The Morgan fingerprint density at radius 2 is 2.00 bits per heavy atom. The quantitative estimate of drug-likeness (QED) is 0.720. The number of anilines is 1. The van der Waals surface area contributed by atoms with Crippen LogP contribution >= 0.6 is 0 Å². The summed E-state index contributed by atoms with van der Waals surface area (Å²) in [6.45, 7) is 3.44. The molecule has 0 aromatic carbocycles. The van der Waals surface area contributed by atoms with Crippen molar-refractivity contribution in [3.05, 3.63) is 12.0 Å². The summed E-state index contributed by atoms with van der Waals surface area (Å²) in [6.07, 6.45) is 7.99. The van der Waals surface area contributed by atoms with E-state index >= 15 is 0 Å². The highest BCUT2D eigenvalue weighted by molar-refractivity contribution is 5.86.